The zero-order chi connectivity index (χ0) is 11.3. The fraction of sp³-hybridized carbons (Fsp3) is 0.273. The Morgan fingerprint density at radius 1 is 1.47 bits per heavy atom. The van der Waals surface area contributed by atoms with Crippen LogP contribution in [0.5, 0.6) is 0 Å². The fourth-order valence-corrected chi connectivity index (χ4v) is 1.31. The van der Waals surface area contributed by atoms with E-state index in [1.54, 1.807) is 24.3 Å². The number of carboxylic acids is 1. The molecule has 4 nitrogen and oxygen atoms in total. The lowest BCUT2D eigenvalue weighted by atomic mass is 10.0. The molecule has 1 rings (SSSR count). The van der Waals surface area contributed by atoms with Gasteiger partial charge in [-0.15, -0.1) is 0 Å². The van der Waals surface area contributed by atoms with E-state index < -0.39 is 5.97 Å². The second-order valence-electron chi connectivity index (χ2n) is 3.37. The Morgan fingerprint density at radius 3 is 2.53 bits per heavy atom. The predicted molar refractivity (Wildman–Crippen MR) is 55.1 cm³/mol. The zero-order valence-corrected chi connectivity index (χ0v) is 8.18. The van der Waals surface area contributed by atoms with Gasteiger partial charge < -0.3 is 10.8 Å². The SMILES string of the molecule is N#Cc1ccc(CC(N)CC(=O)O)cc1. The molecule has 0 heterocycles. The fourth-order valence-electron chi connectivity index (χ4n) is 1.31. The van der Waals surface area contributed by atoms with Crippen molar-refractivity contribution in [1.29, 1.82) is 5.26 Å². The highest BCUT2D eigenvalue weighted by Gasteiger charge is 2.08. The van der Waals surface area contributed by atoms with Crippen LogP contribution in [0.3, 0.4) is 0 Å². The topological polar surface area (TPSA) is 87.1 Å². The number of hydrogen-bond acceptors (Lipinski definition) is 3. The van der Waals surface area contributed by atoms with E-state index in [0.29, 0.717) is 12.0 Å². The van der Waals surface area contributed by atoms with Crippen LogP contribution in [-0.2, 0) is 11.2 Å². The number of aliphatic carboxylic acids is 1. The molecule has 0 saturated carbocycles. The summed E-state index contributed by atoms with van der Waals surface area (Å²) in [5, 5.41) is 17.1. The first-order valence-corrected chi connectivity index (χ1v) is 4.58. The number of hydrogen-bond donors (Lipinski definition) is 2. The second kappa shape index (κ2) is 5.13. The second-order valence-corrected chi connectivity index (χ2v) is 3.37. The van der Waals surface area contributed by atoms with Gasteiger partial charge in [-0.05, 0) is 24.1 Å². The summed E-state index contributed by atoms with van der Waals surface area (Å²) in [6.45, 7) is 0. The van der Waals surface area contributed by atoms with Crippen LogP contribution in [0.2, 0.25) is 0 Å². The minimum Gasteiger partial charge on any atom is -0.481 e. The Hall–Kier alpha value is -1.86. The van der Waals surface area contributed by atoms with Crippen molar-refractivity contribution >= 4 is 5.97 Å². The summed E-state index contributed by atoms with van der Waals surface area (Å²) >= 11 is 0. The summed E-state index contributed by atoms with van der Waals surface area (Å²) in [6.07, 6.45) is 0.470. The Bertz CT molecular complexity index is 379. The van der Waals surface area contributed by atoms with Crippen LogP contribution >= 0.6 is 0 Å². The summed E-state index contributed by atoms with van der Waals surface area (Å²) in [6, 6.07) is 8.61. The smallest absolute Gasteiger partial charge is 0.304 e. The van der Waals surface area contributed by atoms with Gasteiger partial charge in [0.25, 0.3) is 0 Å². The van der Waals surface area contributed by atoms with Crippen LogP contribution in [-0.4, -0.2) is 17.1 Å². The average molecular weight is 204 g/mol. The van der Waals surface area contributed by atoms with Crippen LogP contribution in [0.4, 0.5) is 0 Å². The molecule has 15 heavy (non-hydrogen) atoms. The molecule has 0 radical (unpaired) electrons. The van der Waals surface area contributed by atoms with Crippen LogP contribution in [0.15, 0.2) is 24.3 Å². The molecule has 3 N–H and O–H groups in total. The summed E-state index contributed by atoms with van der Waals surface area (Å²) in [5.41, 5.74) is 7.17. The maximum absolute atomic E-state index is 10.4. The van der Waals surface area contributed by atoms with Gasteiger partial charge in [0.1, 0.15) is 0 Å². The molecule has 0 bridgehead atoms. The normalized spacial score (nSPS) is 11.7. The molecular formula is C11H12N2O2. The third-order valence-electron chi connectivity index (χ3n) is 2.02. The molecule has 0 aliphatic heterocycles. The summed E-state index contributed by atoms with van der Waals surface area (Å²) in [7, 11) is 0. The van der Waals surface area contributed by atoms with Gasteiger partial charge in [-0.25, -0.2) is 0 Å². The molecule has 0 saturated heterocycles. The molecular weight excluding hydrogens is 192 g/mol. The first-order valence-electron chi connectivity index (χ1n) is 4.58. The van der Waals surface area contributed by atoms with Crippen molar-refractivity contribution in [2.24, 2.45) is 5.73 Å². The maximum atomic E-state index is 10.4. The summed E-state index contributed by atoms with van der Waals surface area (Å²) in [4.78, 5) is 10.4. The molecule has 78 valence electrons. The standard InChI is InChI=1S/C11H12N2O2/c12-7-9-3-1-8(2-4-9)5-10(13)6-11(14)15/h1-4,10H,5-6,13H2,(H,14,15). The Morgan fingerprint density at radius 2 is 2.07 bits per heavy atom. The molecule has 4 heteroatoms. The molecule has 1 aromatic carbocycles. The molecule has 0 spiro atoms. The number of nitrogens with zero attached hydrogens (tertiary/aromatic N) is 1. The lowest BCUT2D eigenvalue weighted by Gasteiger charge is -2.08. The molecule has 1 atom stereocenters. The first-order chi connectivity index (χ1) is 7.11. The van der Waals surface area contributed by atoms with Crippen LogP contribution in [0.1, 0.15) is 17.5 Å². The van der Waals surface area contributed by atoms with Gasteiger partial charge in [0.15, 0.2) is 0 Å². The Balaban J connectivity index is 2.58. The van der Waals surface area contributed by atoms with Gasteiger partial charge in [0, 0.05) is 6.04 Å². The zero-order valence-electron chi connectivity index (χ0n) is 8.18. The molecule has 0 amide bonds. The van der Waals surface area contributed by atoms with Gasteiger partial charge in [0.05, 0.1) is 18.1 Å². The third kappa shape index (κ3) is 3.79. The lowest BCUT2D eigenvalue weighted by Crippen LogP contribution is -2.26. The molecule has 0 aromatic heterocycles. The third-order valence-corrected chi connectivity index (χ3v) is 2.02. The van der Waals surface area contributed by atoms with E-state index >= 15 is 0 Å². The molecule has 0 fully saturated rings. The van der Waals surface area contributed by atoms with Crippen molar-refractivity contribution in [1.82, 2.24) is 0 Å². The van der Waals surface area contributed by atoms with E-state index in [4.69, 9.17) is 16.1 Å². The highest BCUT2D eigenvalue weighted by molar-refractivity contribution is 5.67. The highest BCUT2D eigenvalue weighted by atomic mass is 16.4. The minimum atomic E-state index is -0.892. The number of rotatable bonds is 4. The molecule has 0 aliphatic carbocycles. The summed E-state index contributed by atoms with van der Waals surface area (Å²) < 4.78 is 0. The van der Waals surface area contributed by atoms with Gasteiger partial charge in [-0.3, -0.25) is 4.79 Å². The Kier molecular flexibility index (Phi) is 3.83. The van der Waals surface area contributed by atoms with E-state index in [2.05, 4.69) is 0 Å². The number of benzene rings is 1. The van der Waals surface area contributed by atoms with Crippen molar-refractivity contribution in [2.45, 2.75) is 18.9 Å². The van der Waals surface area contributed by atoms with Crippen LogP contribution in [0, 0.1) is 11.3 Å². The predicted octanol–water partition coefficient (Wildman–Crippen LogP) is 0.903. The van der Waals surface area contributed by atoms with E-state index in [1.807, 2.05) is 6.07 Å². The van der Waals surface area contributed by atoms with Crippen molar-refractivity contribution in [3.05, 3.63) is 35.4 Å². The van der Waals surface area contributed by atoms with Gasteiger partial charge >= 0.3 is 5.97 Å². The van der Waals surface area contributed by atoms with E-state index in [9.17, 15) is 4.79 Å². The number of nitrogens with two attached hydrogens (primary N) is 1. The number of nitriles is 1. The van der Waals surface area contributed by atoms with Crippen molar-refractivity contribution in [2.75, 3.05) is 0 Å². The van der Waals surface area contributed by atoms with Crippen LogP contribution in [0.25, 0.3) is 0 Å². The maximum Gasteiger partial charge on any atom is 0.304 e. The van der Waals surface area contributed by atoms with E-state index in [-0.39, 0.29) is 12.5 Å². The van der Waals surface area contributed by atoms with Gasteiger partial charge in [-0.1, -0.05) is 12.1 Å². The quantitative estimate of drug-likeness (QED) is 0.762. The first kappa shape index (κ1) is 11.2. The number of carboxylic acid groups (broad SMARTS) is 1. The molecule has 1 aromatic rings. The summed E-state index contributed by atoms with van der Waals surface area (Å²) in [5.74, 6) is -0.892. The minimum absolute atomic E-state index is 0.0417. The van der Waals surface area contributed by atoms with Crippen molar-refractivity contribution < 1.29 is 9.90 Å². The van der Waals surface area contributed by atoms with E-state index in [1.165, 1.54) is 0 Å². The average Bonchev–Trinajstić information content (AvgIpc) is 2.17. The van der Waals surface area contributed by atoms with Crippen molar-refractivity contribution in [3.63, 3.8) is 0 Å². The lowest BCUT2D eigenvalue weighted by molar-refractivity contribution is -0.137. The number of carbonyl (C=O) groups is 1. The highest BCUT2D eigenvalue weighted by Crippen LogP contribution is 2.06. The van der Waals surface area contributed by atoms with Gasteiger partial charge in [0.2, 0.25) is 0 Å². The van der Waals surface area contributed by atoms with E-state index in [0.717, 1.165) is 5.56 Å². The van der Waals surface area contributed by atoms with Crippen LogP contribution < -0.4 is 5.73 Å². The monoisotopic (exact) mass is 204 g/mol. The van der Waals surface area contributed by atoms with Gasteiger partial charge in [-0.2, -0.15) is 5.26 Å². The van der Waals surface area contributed by atoms with Crippen molar-refractivity contribution in [3.8, 4) is 6.07 Å². The Labute approximate surface area is 87.9 Å². The largest absolute Gasteiger partial charge is 0.481 e. The molecule has 0 aliphatic rings. The molecule has 1 unspecified atom stereocenters.